The van der Waals surface area contributed by atoms with Crippen molar-refractivity contribution in [2.75, 3.05) is 0 Å². The second kappa shape index (κ2) is 3.91. The quantitative estimate of drug-likeness (QED) is 0.409. The summed E-state index contributed by atoms with van der Waals surface area (Å²) in [4.78, 5) is 0. The fourth-order valence-electron chi connectivity index (χ4n) is 14.1. The van der Waals surface area contributed by atoms with Gasteiger partial charge in [0, 0.05) is 0 Å². The van der Waals surface area contributed by atoms with Gasteiger partial charge in [0.05, 0.1) is 0 Å². The summed E-state index contributed by atoms with van der Waals surface area (Å²) < 4.78 is 0. The molecule has 0 N–H and O–H groups in total. The maximum Gasteiger partial charge on any atom is -0.0194 e. The molecular weight excluding hydrogens is 324 g/mol. The van der Waals surface area contributed by atoms with E-state index < -0.39 is 0 Å². The maximum atomic E-state index is 2.67. The molecule has 0 heteroatoms. The second-order valence-electron chi connectivity index (χ2n) is 13.2. The lowest BCUT2D eigenvalue weighted by atomic mass is 9.52. The molecule has 0 heterocycles. The summed E-state index contributed by atoms with van der Waals surface area (Å²) in [5, 5.41) is 0. The van der Waals surface area contributed by atoms with E-state index in [0.717, 1.165) is 47.3 Å². The molecule has 0 aliphatic heterocycles. The Hall–Kier alpha value is -0.520. The van der Waals surface area contributed by atoms with Crippen LogP contribution in [0.4, 0.5) is 0 Å². The predicted octanol–water partition coefficient (Wildman–Crippen LogP) is 5.28. The highest BCUT2D eigenvalue weighted by molar-refractivity contribution is 5.30. The van der Waals surface area contributed by atoms with Crippen LogP contribution >= 0.6 is 0 Å². The van der Waals surface area contributed by atoms with E-state index in [9.17, 15) is 0 Å². The highest BCUT2D eigenvalue weighted by Gasteiger charge is 2.78. The molecular formula is C27H32. The largest absolute Gasteiger partial charge is 0.0848 e. The fourth-order valence-corrected chi connectivity index (χ4v) is 14.1. The minimum Gasteiger partial charge on any atom is -0.0848 e. The predicted molar refractivity (Wildman–Crippen MR) is 104 cm³/mol. The van der Waals surface area contributed by atoms with Crippen molar-refractivity contribution in [3.05, 3.63) is 24.3 Å². The van der Waals surface area contributed by atoms with Gasteiger partial charge < -0.3 is 0 Å². The third-order valence-electron chi connectivity index (χ3n) is 13.6. The average molecular weight is 357 g/mol. The number of fused-ring (bicyclic) bond motifs is 30. The van der Waals surface area contributed by atoms with E-state index in [2.05, 4.69) is 24.3 Å². The van der Waals surface area contributed by atoms with Gasteiger partial charge in [-0.15, -0.1) is 0 Å². The zero-order valence-electron chi connectivity index (χ0n) is 16.2. The summed E-state index contributed by atoms with van der Waals surface area (Å²) in [6.07, 6.45) is 18.9. The van der Waals surface area contributed by atoms with Crippen molar-refractivity contribution in [2.45, 2.75) is 32.1 Å². The van der Waals surface area contributed by atoms with E-state index in [0.29, 0.717) is 0 Å². The zero-order valence-corrected chi connectivity index (χ0v) is 16.2. The van der Waals surface area contributed by atoms with Crippen molar-refractivity contribution < 1.29 is 0 Å². The molecule has 0 nitrogen and oxygen atoms in total. The van der Waals surface area contributed by atoms with Gasteiger partial charge in [0.1, 0.15) is 0 Å². The summed E-state index contributed by atoms with van der Waals surface area (Å²) in [6, 6.07) is 0. The van der Waals surface area contributed by atoms with Crippen LogP contribution < -0.4 is 0 Å². The Morgan fingerprint density at radius 2 is 0.556 bits per heavy atom. The van der Waals surface area contributed by atoms with Gasteiger partial charge in [-0.1, -0.05) is 24.3 Å². The lowest BCUT2D eigenvalue weighted by Crippen LogP contribution is -2.49. The van der Waals surface area contributed by atoms with Gasteiger partial charge in [-0.05, 0) is 139 Å². The first-order chi connectivity index (χ1) is 13.4. The van der Waals surface area contributed by atoms with Gasteiger partial charge in [-0.25, -0.2) is 0 Å². The molecule has 0 aromatic rings. The Morgan fingerprint density at radius 1 is 0.296 bits per heavy atom. The third kappa shape index (κ3) is 1.17. The summed E-state index contributed by atoms with van der Waals surface area (Å²) in [5.41, 5.74) is 0. The molecule has 0 aromatic heterocycles. The molecule has 27 heavy (non-hydrogen) atoms. The van der Waals surface area contributed by atoms with Crippen molar-refractivity contribution >= 4 is 0 Å². The SMILES string of the molecule is C1=CC2CC1C1C3CC(C21)C1C2CC(C31)C1C3CC(C4C5C=CC(C5)C34)C21. The fraction of sp³-hybridized carbons (Fsp3) is 0.852. The molecule has 0 amide bonds. The molecule has 10 aliphatic carbocycles. The highest BCUT2D eigenvalue weighted by atomic mass is 14.8. The van der Waals surface area contributed by atoms with Gasteiger partial charge >= 0.3 is 0 Å². The third-order valence-corrected chi connectivity index (χ3v) is 13.6. The van der Waals surface area contributed by atoms with E-state index in [1.54, 1.807) is 32.1 Å². The Balaban J connectivity index is 1.09. The van der Waals surface area contributed by atoms with Crippen LogP contribution in [0.5, 0.6) is 0 Å². The molecule has 10 aliphatic rings. The summed E-state index contributed by atoms with van der Waals surface area (Å²) in [5.74, 6) is 20.6. The van der Waals surface area contributed by atoms with Crippen molar-refractivity contribution in [3.8, 4) is 0 Å². The minimum atomic E-state index is 1.02. The molecule has 8 fully saturated rings. The Kier molecular flexibility index (Phi) is 1.98. The smallest absolute Gasteiger partial charge is 0.0194 e. The highest BCUT2D eigenvalue weighted by Crippen LogP contribution is 2.83. The monoisotopic (exact) mass is 356 g/mol. The molecule has 16 atom stereocenters. The van der Waals surface area contributed by atoms with Crippen LogP contribution in [-0.2, 0) is 0 Å². The molecule has 0 radical (unpaired) electrons. The van der Waals surface area contributed by atoms with Gasteiger partial charge in [0.25, 0.3) is 0 Å². The maximum absolute atomic E-state index is 2.67. The Labute approximate surface area is 163 Å². The van der Waals surface area contributed by atoms with Crippen LogP contribution in [0, 0.1) is 107 Å². The molecule has 10 rings (SSSR count). The van der Waals surface area contributed by atoms with Crippen LogP contribution in [0.3, 0.4) is 0 Å². The normalized spacial score (nSPS) is 78.8. The first-order valence-corrected chi connectivity index (χ1v) is 12.7. The van der Waals surface area contributed by atoms with Crippen molar-refractivity contribution in [1.82, 2.24) is 0 Å². The van der Waals surface area contributed by atoms with E-state index >= 15 is 0 Å². The summed E-state index contributed by atoms with van der Waals surface area (Å²) >= 11 is 0. The Morgan fingerprint density at radius 3 is 0.852 bits per heavy atom. The van der Waals surface area contributed by atoms with Gasteiger partial charge in [-0.3, -0.25) is 0 Å². The zero-order chi connectivity index (χ0) is 16.8. The molecule has 8 saturated carbocycles. The first kappa shape index (κ1) is 13.7. The van der Waals surface area contributed by atoms with Crippen LogP contribution in [0.25, 0.3) is 0 Å². The Bertz CT molecular complexity index is 707. The lowest BCUT2D eigenvalue weighted by molar-refractivity contribution is -0.0444. The second-order valence-corrected chi connectivity index (χ2v) is 13.2. The molecule has 140 valence electrons. The molecule has 10 bridgehead atoms. The number of hydrogen-bond acceptors (Lipinski definition) is 0. The van der Waals surface area contributed by atoms with Crippen molar-refractivity contribution in [1.29, 1.82) is 0 Å². The van der Waals surface area contributed by atoms with Crippen LogP contribution in [-0.4, -0.2) is 0 Å². The average Bonchev–Trinajstić information content (AvgIpc) is 3.52. The topological polar surface area (TPSA) is 0 Å². The standard InChI is InChI=1S/C27H32/c1-2-11-5-10(1)20-14-7-15(21(11)20)25-19-9-18(24(14)25)26-16-8-17(27(19)26)23-13-4-3-12(6-13)22(16)23/h1-4,10-27H,5-9H2. The number of allylic oxidation sites excluding steroid dienone is 4. The summed E-state index contributed by atoms with van der Waals surface area (Å²) in [6.45, 7) is 0. The molecule has 0 spiro atoms. The van der Waals surface area contributed by atoms with E-state index in [4.69, 9.17) is 0 Å². The number of hydrogen-bond donors (Lipinski definition) is 0. The van der Waals surface area contributed by atoms with E-state index in [1.165, 1.54) is 59.2 Å². The van der Waals surface area contributed by atoms with Crippen LogP contribution in [0.2, 0.25) is 0 Å². The van der Waals surface area contributed by atoms with Gasteiger partial charge in [-0.2, -0.15) is 0 Å². The summed E-state index contributed by atoms with van der Waals surface area (Å²) in [7, 11) is 0. The molecule has 0 aromatic carbocycles. The van der Waals surface area contributed by atoms with Crippen molar-refractivity contribution in [3.63, 3.8) is 0 Å². The lowest BCUT2D eigenvalue weighted by Gasteiger charge is -2.52. The molecule has 16 unspecified atom stereocenters. The number of rotatable bonds is 0. The van der Waals surface area contributed by atoms with Crippen LogP contribution in [0.15, 0.2) is 24.3 Å². The van der Waals surface area contributed by atoms with Crippen molar-refractivity contribution in [2.24, 2.45) is 107 Å². The first-order valence-electron chi connectivity index (χ1n) is 12.7. The van der Waals surface area contributed by atoms with E-state index in [1.807, 2.05) is 0 Å². The molecule has 0 saturated heterocycles. The minimum absolute atomic E-state index is 1.02. The van der Waals surface area contributed by atoms with Gasteiger partial charge in [0.15, 0.2) is 0 Å². The van der Waals surface area contributed by atoms with Gasteiger partial charge in [0.2, 0.25) is 0 Å². The van der Waals surface area contributed by atoms with E-state index in [-0.39, 0.29) is 0 Å². The van der Waals surface area contributed by atoms with Crippen LogP contribution in [0.1, 0.15) is 32.1 Å².